The molecule has 1 N–H and O–H groups in total. The Morgan fingerprint density at radius 1 is 1.18 bits per heavy atom. The maximum atomic E-state index is 13.3. The van der Waals surface area contributed by atoms with Crippen molar-refractivity contribution in [3.63, 3.8) is 0 Å². The number of nitrogens with zero attached hydrogens (tertiary/aromatic N) is 4. The Balaban J connectivity index is 1.50. The van der Waals surface area contributed by atoms with E-state index in [1.165, 1.54) is 18.2 Å². The molecular weight excluding hydrogens is 447 g/mol. The summed E-state index contributed by atoms with van der Waals surface area (Å²) in [4.78, 5) is 22.4. The fourth-order valence-electron chi connectivity index (χ4n) is 3.86. The molecule has 0 saturated heterocycles. The monoisotopic (exact) mass is 467 g/mol. The van der Waals surface area contributed by atoms with Gasteiger partial charge in [0.1, 0.15) is 5.75 Å². The fraction of sp³-hybridized carbons (Fsp3) is 0.250. The average Bonchev–Trinajstić information content (AvgIpc) is 3.61. The minimum Gasteiger partial charge on any atom is -0.405 e. The van der Waals surface area contributed by atoms with Crippen LogP contribution in [0.5, 0.6) is 5.75 Å². The first-order valence-electron chi connectivity index (χ1n) is 10.7. The molecule has 0 bridgehead atoms. The minimum absolute atomic E-state index is 0.138. The van der Waals surface area contributed by atoms with E-state index in [-0.39, 0.29) is 23.8 Å². The van der Waals surface area contributed by atoms with Gasteiger partial charge < -0.3 is 10.1 Å². The number of carbonyl (C=O) groups excluding carboxylic acids is 1. The van der Waals surface area contributed by atoms with Gasteiger partial charge in [-0.3, -0.25) is 4.79 Å². The number of rotatable bonds is 6. The number of aryl methyl sites for hydroxylation is 1. The largest absolute Gasteiger partial charge is 0.573 e. The number of halogens is 3. The van der Waals surface area contributed by atoms with Crippen LogP contribution in [-0.2, 0) is 6.54 Å². The van der Waals surface area contributed by atoms with E-state index < -0.39 is 12.3 Å². The van der Waals surface area contributed by atoms with E-state index in [1.54, 1.807) is 42.1 Å². The van der Waals surface area contributed by atoms with Crippen LogP contribution in [0, 0.1) is 6.92 Å². The number of carbonyl (C=O) groups is 1. The smallest absolute Gasteiger partial charge is 0.405 e. The van der Waals surface area contributed by atoms with Crippen molar-refractivity contribution in [1.29, 1.82) is 0 Å². The number of pyridine rings is 2. The number of fused-ring (bicyclic) bond motifs is 1. The van der Waals surface area contributed by atoms with Crippen molar-refractivity contribution in [3.05, 3.63) is 77.2 Å². The number of alkyl halides is 3. The highest BCUT2D eigenvalue weighted by Gasteiger charge is 2.32. The van der Waals surface area contributed by atoms with Crippen LogP contribution >= 0.6 is 0 Å². The Bertz CT molecular complexity index is 1360. The predicted octanol–water partition coefficient (Wildman–Crippen LogP) is 4.83. The van der Waals surface area contributed by atoms with Gasteiger partial charge in [-0.15, -0.1) is 13.2 Å². The Morgan fingerprint density at radius 3 is 2.65 bits per heavy atom. The zero-order chi connectivity index (χ0) is 23.9. The van der Waals surface area contributed by atoms with Gasteiger partial charge in [0.05, 0.1) is 16.6 Å². The molecule has 7 nitrogen and oxygen atoms in total. The molecule has 5 rings (SSSR count). The predicted molar refractivity (Wildman–Crippen MR) is 118 cm³/mol. The van der Waals surface area contributed by atoms with Gasteiger partial charge in [-0.2, -0.15) is 9.78 Å². The quantitative estimate of drug-likeness (QED) is 0.439. The highest BCUT2D eigenvalue weighted by atomic mass is 19.4. The Morgan fingerprint density at radius 2 is 1.94 bits per heavy atom. The van der Waals surface area contributed by atoms with Crippen molar-refractivity contribution in [2.75, 3.05) is 0 Å². The summed E-state index contributed by atoms with van der Waals surface area (Å²) in [5.41, 5.74) is 2.49. The van der Waals surface area contributed by atoms with E-state index in [4.69, 9.17) is 4.98 Å². The summed E-state index contributed by atoms with van der Waals surface area (Å²) >= 11 is 0. The third-order valence-corrected chi connectivity index (χ3v) is 5.58. The summed E-state index contributed by atoms with van der Waals surface area (Å²) in [7, 11) is 0. The lowest BCUT2D eigenvalue weighted by Crippen LogP contribution is -2.25. The van der Waals surface area contributed by atoms with Crippen LogP contribution < -0.4 is 10.1 Å². The van der Waals surface area contributed by atoms with Gasteiger partial charge in [-0.1, -0.05) is 24.3 Å². The molecule has 0 unspecified atom stereocenters. The second kappa shape index (κ2) is 8.44. The number of hydrogen-bond acceptors (Lipinski definition) is 5. The van der Waals surface area contributed by atoms with Gasteiger partial charge in [0, 0.05) is 29.9 Å². The summed E-state index contributed by atoms with van der Waals surface area (Å²) in [6, 6.07) is 12.9. The lowest BCUT2D eigenvalue weighted by atomic mass is 10.1. The zero-order valence-corrected chi connectivity index (χ0v) is 18.1. The maximum absolute atomic E-state index is 13.3. The van der Waals surface area contributed by atoms with Crippen LogP contribution in [0.25, 0.3) is 16.9 Å². The van der Waals surface area contributed by atoms with Crippen molar-refractivity contribution in [3.8, 4) is 11.6 Å². The highest BCUT2D eigenvalue weighted by molar-refractivity contribution is 6.06. The summed E-state index contributed by atoms with van der Waals surface area (Å²) in [5, 5.41) is 7.87. The first-order valence-corrected chi connectivity index (χ1v) is 10.7. The van der Waals surface area contributed by atoms with E-state index in [2.05, 4.69) is 20.1 Å². The molecular formula is C24H20F3N5O2. The Labute approximate surface area is 192 Å². The topological polar surface area (TPSA) is 81.9 Å². The summed E-state index contributed by atoms with van der Waals surface area (Å²) in [6.07, 6.45) is -1.21. The molecule has 1 amide bonds. The van der Waals surface area contributed by atoms with Gasteiger partial charge in [0.25, 0.3) is 5.91 Å². The lowest BCUT2D eigenvalue weighted by molar-refractivity contribution is -0.274. The van der Waals surface area contributed by atoms with Gasteiger partial charge in [0.2, 0.25) is 0 Å². The van der Waals surface area contributed by atoms with Crippen molar-refractivity contribution >= 4 is 16.9 Å². The number of hydrogen-bond donors (Lipinski definition) is 1. The number of para-hydroxylation sites is 1. The zero-order valence-electron chi connectivity index (χ0n) is 18.1. The van der Waals surface area contributed by atoms with Crippen LogP contribution in [-0.4, -0.2) is 32.0 Å². The van der Waals surface area contributed by atoms with Gasteiger partial charge in [0.15, 0.2) is 11.5 Å². The molecule has 1 aliphatic carbocycles. The molecule has 0 spiro atoms. The summed E-state index contributed by atoms with van der Waals surface area (Å²) in [5.74, 6) is 0.0580. The van der Waals surface area contributed by atoms with Crippen molar-refractivity contribution in [2.24, 2.45) is 0 Å². The normalized spacial score (nSPS) is 13.8. The fourth-order valence-corrected chi connectivity index (χ4v) is 3.86. The van der Waals surface area contributed by atoms with Gasteiger partial charge in [-0.05, 0) is 44.0 Å². The third kappa shape index (κ3) is 4.43. The molecule has 0 atom stereocenters. The number of ether oxygens (including phenoxy) is 1. The van der Waals surface area contributed by atoms with Crippen LogP contribution in [0.2, 0.25) is 0 Å². The summed E-state index contributed by atoms with van der Waals surface area (Å²) < 4.78 is 43.9. The molecule has 174 valence electrons. The highest BCUT2D eigenvalue weighted by Crippen LogP contribution is 2.40. The molecule has 1 aromatic carbocycles. The maximum Gasteiger partial charge on any atom is 0.573 e. The molecule has 1 aliphatic rings. The van der Waals surface area contributed by atoms with Crippen LogP contribution in [0.15, 0.2) is 54.7 Å². The lowest BCUT2D eigenvalue weighted by Gasteiger charge is -2.14. The standard InChI is InChI=1S/C24H20F3N5O2/c1-14-21-17(23(33)29-13-16-6-2-3-7-19(16)34-24(25,26)27)12-18(15-9-10-15)30-22(21)32(31-14)20-8-4-5-11-28-20/h2-8,11-12,15H,9-10,13H2,1H3,(H,29,33). The van der Waals surface area contributed by atoms with E-state index in [1.807, 2.05) is 6.07 Å². The molecule has 10 heteroatoms. The molecule has 1 saturated carbocycles. The van der Waals surface area contributed by atoms with Crippen LogP contribution in [0.3, 0.4) is 0 Å². The molecule has 0 radical (unpaired) electrons. The molecule has 34 heavy (non-hydrogen) atoms. The number of benzene rings is 1. The van der Waals surface area contributed by atoms with Crippen molar-refractivity contribution in [1.82, 2.24) is 25.1 Å². The van der Waals surface area contributed by atoms with E-state index in [0.29, 0.717) is 28.1 Å². The van der Waals surface area contributed by atoms with E-state index in [0.717, 1.165) is 18.5 Å². The second-order valence-corrected chi connectivity index (χ2v) is 8.09. The second-order valence-electron chi connectivity index (χ2n) is 8.09. The van der Waals surface area contributed by atoms with E-state index in [9.17, 15) is 18.0 Å². The number of amides is 1. The molecule has 4 aromatic rings. The molecule has 1 fully saturated rings. The Hall–Kier alpha value is -3.95. The van der Waals surface area contributed by atoms with Crippen molar-refractivity contribution < 1.29 is 22.7 Å². The van der Waals surface area contributed by atoms with Gasteiger partial charge >= 0.3 is 6.36 Å². The first kappa shape index (κ1) is 21.9. The van der Waals surface area contributed by atoms with Gasteiger partial charge in [-0.25, -0.2) is 9.97 Å². The first-order chi connectivity index (χ1) is 16.3. The SMILES string of the molecule is Cc1nn(-c2ccccn2)c2nc(C3CC3)cc(C(=O)NCc3ccccc3OC(F)(F)F)c12. The molecule has 3 heterocycles. The van der Waals surface area contributed by atoms with Crippen LogP contribution in [0.4, 0.5) is 13.2 Å². The summed E-state index contributed by atoms with van der Waals surface area (Å²) in [6.45, 7) is 1.64. The Kier molecular flexibility index (Phi) is 5.43. The molecule has 3 aromatic heterocycles. The molecule has 0 aliphatic heterocycles. The van der Waals surface area contributed by atoms with Crippen LogP contribution in [0.1, 0.15) is 46.1 Å². The number of nitrogens with one attached hydrogen (secondary N) is 1. The number of aromatic nitrogens is 4. The minimum atomic E-state index is -4.83. The third-order valence-electron chi connectivity index (χ3n) is 5.58. The van der Waals surface area contributed by atoms with Crippen molar-refractivity contribution in [2.45, 2.75) is 38.6 Å². The average molecular weight is 467 g/mol. The van der Waals surface area contributed by atoms with E-state index >= 15 is 0 Å².